The fraction of sp³-hybridized carbons (Fsp3) is 0.375. The van der Waals surface area contributed by atoms with Crippen molar-refractivity contribution in [2.75, 3.05) is 24.5 Å². The van der Waals surface area contributed by atoms with Gasteiger partial charge in [-0.2, -0.15) is 0 Å². The third-order valence-corrected chi connectivity index (χ3v) is 3.96. The highest BCUT2D eigenvalue weighted by molar-refractivity contribution is 5.93. The standard InChI is InChI=1S/C16H19N5O/c22-16(14-2-1-5-17-11-14)20-10-13-3-8-21(9-4-13)15-12-18-6-7-19-15/h1-2,5-7,11-13H,3-4,8-10H2,(H,20,22). The molecule has 1 fully saturated rings. The topological polar surface area (TPSA) is 71.0 Å². The quantitative estimate of drug-likeness (QED) is 0.926. The Labute approximate surface area is 129 Å². The van der Waals surface area contributed by atoms with Crippen LogP contribution in [-0.2, 0) is 0 Å². The number of amides is 1. The first-order valence-corrected chi connectivity index (χ1v) is 7.52. The Morgan fingerprint density at radius 1 is 1.18 bits per heavy atom. The van der Waals surface area contributed by atoms with E-state index in [1.54, 1.807) is 43.1 Å². The van der Waals surface area contributed by atoms with E-state index in [9.17, 15) is 4.79 Å². The van der Waals surface area contributed by atoms with Crippen molar-refractivity contribution >= 4 is 11.7 Å². The summed E-state index contributed by atoms with van der Waals surface area (Å²) >= 11 is 0. The lowest BCUT2D eigenvalue weighted by molar-refractivity contribution is 0.0944. The van der Waals surface area contributed by atoms with Gasteiger partial charge in [0.1, 0.15) is 5.82 Å². The zero-order valence-corrected chi connectivity index (χ0v) is 12.4. The van der Waals surface area contributed by atoms with Crippen LogP contribution in [0.2, 0.25) is 0 Å². The molecule has 114 valence electrons. The van der Waals surface area contributed by atoms with Gasteiger partial charge in [-0.3, -0.25) is 14.8 Å². The number of piperidine rings is 1. The molecule has 6 nitrogen and oxygen atoms in total. The molecule has 1 amide bonds. The van der Waals surface area contributed by atoms with Crippen LogP contribution in [0.3, 0.4) is 0 Å². The predicted molar refractivity (Wildman–Crippen MR) is 83.5 cm³/mol. The lowest BCUT2D eigenvalue weighted by Crippen LogP contribution is -2.39. The fourth-order valence-electron chi connectivity index (χ4n) is 2.66. The van der Waals surface area contributed by atoms with Crippen LogP contribution in [0, 0.1) is 5.92 Å². The highest BCUT2D eigenvalue weighted by Gasteiger charge is 2.20. The summed E-state index contributed by atoms with van der Waals surface area (Å²) in [6.45, 7) is 2.61. The van der Waals surface area contributed by atoms with Crippen molar-refractivity contribution in [3.05, 3.63) is 48.7 Å². The van der Waals surface area contributed by atoms with Gasteiger partial charge < -0.3 is 10.2 Å². The maximum Gasteiger partial charge on any atom is 0.252 e. The first-order chi connectivity index (χ1) is 10.8. The molecule has 6 heteroatoms. The monoisotopic (exact) mass is 297 g/mol. The van der Waals surface area contributed by atoms with Gasteiger partial charge in [-0.25, -0.2) is 4.98 Å². The summed E-state index contributed by atoms with van der Waals surface area (Å²) in [4.78, 5) is 26.6. The normalized spacial score (nSPS) is 15.5. The van der Waals surface area contributed by atoms with Crippen LogP contribution in [-0.4, -0.2) is 40.5 Å². The van der Waals surface area contributed by atoms with Crippen molar-refractivity contribution < 1.29 is 4.79 Å². The molecule has 1 aliphatic heterocycles. The Morgan fingerprint density at radius 2 is 2.00 bits per heavy atom. The van der Waals surface area contributed by atoms with Crippen LogP contribution in [0.5, 0.6) is 0 Å². The van der Waals surface area contributed by atoms with Gasteiger partial charge in [-0.15, -0.1) is 0 Å². The molecule has 3 rings (SSSR count). The van der Waals surface area contributed by atoms with Gasteiger partial charge >= 0.3 is 0 Å². The molecule has 2 aromatic rings. The second kappa shape index (κ2) is 6.98. The van der Waals surface area contributed by atoms with Crippen LogP contribution in [0.15, 0.2) is 43.1 Å². The van der Waals surface area contributed by atoms with Crippen molar-refractivity contribution in [2.24, 2.45) is 5.92 Å². The molecule has 0 saturated carbocycles. The molecule has 0 bridgehead atoms. The fourth-order valence-corrected chi connectivity index (χ4v) is 2.66. The third kappa shape index (κ3) is 3.58. The van der Waals surface area contributed by atoms with Gasteiger partial charge in [0.2, 0.25) is 0 Å². The highest BCUT2D eigenvalue weighted by atomic mass is 16.1. The summed E-state index contributed by atoms with van der Waals surface area (Å²) in [5.74, 6) is 1.39. The van der Waals surface area contributed by atoms with E-state index in [1.807, 2.05) is 0 Å². The Kier molecular flexibility index (Phi) is 4.58. The van der Waals surface area contributed by atoms with E-state index in [-0.39, 0.29) is 5.91 Å². The zero-order chi connectivity index (χ0) is 15.2. The van der Waals surface area contributed by atoms with E-state index >= 15 is 0 Å². The number of nitrogens with zero attached hydrogens (tertiary/aromatic N) is 4. The zero-order valence-electron chi connectivity index (χ0n) is 12.4. The van der Waals surface area contributed by atoms with Crippen molar-refractivity contribution in [3.8, 4) is 0 Å². The third-order valence-electron chi connectivity index (χ3n) is 3.96. The Balaban J connectivity index is 1.45. The molecule has 2 aromatic heterocycles. The Bertz CT molecular complexity index is 596. The summed E-state index contributed by atoms with van der Waals surface area (Å²) in [6, 6.07) is 3.55. The average Bonchev–Trinajstić information content (AvgIpc) is 2.61. The lowest BCUT2D eigenvalue weighted by atomic mass is 9.96. The van der Waals surface area contributed by atoms with E-state index in [0.717, 1.165) is 31.7 Å². The average molecular weight is 297 g/mol. The SMILES string of the molecule is O=C(NCC1CCN(c2cnccn2)CC1)c1cccnc1. The molecular weight excluding hydrogens is 278 g/mol. The number of aromatic nitrogens is 3. The molecule has 1 saturated heterocycles. The first-order valence-electron chi connectivity index (χ1n) is 7.52. The number of carbonyl (C=O) groups is 1. The number of carbonyl (C=O) groups excluding carboxylic acids is 1. The van der Waals surface area contributed by atoms with E-state index < -0.39 is 0 Å². The molecule has 0 spiro atoms. The van der Waals surface area contributed by atoms with Crippen LogP contribution < -0.4 is 10.2 Å². The minimum atomic E-state index is -0.0514. The largest absolute Gasteiger partial charge is 0.355 e. The van der Waals surface area contributed by atoms with Gasteiger partial charge in [0, 0.05) is 44.4 Å². The van der Waals surface area contributed by atoms with Crippen LogP contribution in [0.4, 0.5) is 5.82 Å². The number of nitrogens with one attached hydrogen (secondary N) is 1. The molecule has 0 aromatic carbocycles. The van der Waals surface area contributed by atoms with Gasteiger partial charge in [-0.1, -0.05) is 0 Å². The molecule has 0 unspecified atom stereocenters. The number of rotatable bonds is 4. The van der Waals surface area contributed by atoms with E-state index in [0.29, 0.717) is 18.0 Å². The minimum Gasteiger partial charge on any atom is -0.355 e. The first kappa shape index (κ1) is 14.4. The number of pyridine rings is 1. The smallest absolute Gasteiger partial charge is 0.252 e. The van der Waals surface area contributed by atoms with Crippen LogP contribution >= 0.6 is 0 Å². The molecule has 1 N–H and O–H groups in total. The predicted octanol–water partition coefficient (Wildman–Crippen LogP) is 1.52. The molecular formula is C16H19N5O. The Hall–Kier alpha value is -2.50. The second-order valence-corrected chi connectivity index (χ2v) is 5.45. The maximum absolute atomic E-state index is 12.0. The molecule has 0 aliphatic carbocycles. The van der Waals surface area contributed by atoms with Crippen molar-refractivity contribution in [1.82, 2.24) is 20.3 Å². The van der Waals surface area contributed by atoms with Gasteiger partial charge in [0.15, 0.2) is 0 Å². The van der Waals surface area contributed by atoms with Crippen molar-refractivity contribution in [2.45, 2.75) is 12.8 Å². The van der Waals surface area contributed by atoms with Crippen LogP contribution in [0.25, 0.3) is 0 Å². The summed E-state index contributed by atoms with van der Waals surface area (Å²) in [6.07, 6.45) is 10.5. The van der Waals surface area contributed by atoms with Crippen molar-refractivity contribution in [1.29, 1.82) is 0 Å². The van der Waals surface area contributed by atoms with Gasteiger partial charge in [0.05, 0.1) is 11.8 Å². The summed E-state index contributed by atoms with van der Waals surface area (Å²) in [5, 5.41) is 3.00. The summed E-state index contributed by atoms with van der Waals surface area (Å²) in [5.41, 5.74) is 0.611. The maximum atomic E-state index is 12.0. The summed E-state index contributed by atoms with van der Waals surface area (Å²) < 4.78 is 0. The van der Waals surface area contributed by atoms with E-state index in [4.69, 9.17) is 0 Å². The van der Waals surface area contributed by atoms with E-state index in [1.165, 1.54) is 0 Å². The van der Waals surface area contributed by atoms with Gasteiger partial charge in [0.25, 0.3) is 5.91 Å². The molecule has 3 heterocycles. The Morgan fingerprint density at radius 3 is 2.68 bits per heavy atom. The molecule has 1 aliphatic rings. The van der Waals surface area contributed by atoms with Crippen molar-refractivity contribution in [3.63, 3.8) is 0 Å². The number of hydrogen-bond acceptors (Lipinski definition) is 5. The molecule has 0 radical (unpaired) electrons. The number of hydrogen-bond donors (Lipinski definition) is 1. The lowest BCUT2D eigenvalue weighted by Gasteiger charge is -2.32. The number of anilines is 1. The highest BCUT2D eigenvalue weighted by Crippen LogP contribution is 2.20. The van der Waals surface area contributed by atoms with Gasteiger partial charge in [-0.05, 0) is 30.9 Å². The van der Waals surface area contributed by atoms with Crippen LogP contribution in [0.1, 0.15) is 23.2 Å². The summed E-state index contributed by atoms with van der Waals surface area (Å²) in [7, 11) is 0. The second-order valence-electron chi connectivity index (χ2n) is 5.45. The molecule has 0 atom stereocenters. The van der Waals surface area contributed by atoms with E-state index in [2.05, 4.69) is 25.2 Å². The molecule has 22 heavy (non-hydrogen) atoms. The minimum absolute atomic E-state index is 0.0514.